The van der Waals surface area contributed by atoms with Crippen LogP contribution in [0.2, 0.25) is 0 Å². The number of carbonyl (C=O) groups is 1. The maximum Gasteiger partial charge on any atom is 0.226 e. The van der Waals surface area contributed by atoms with Crippen LogP contribution in [-0.4, -0.2) is 40.6 Å². The molecule has 5 heteroatoms. The fourth-order valence-electron chi connectivity index (χ4n) is 3.16. The number of hydrogen-bond donors (Lipinski definition) is 2. The lowest BCUT2D eigenvalue weighted by molar-refractivity contribution is -0.135. The van der Waals surface area contributed by atoms with E-state index in [1.807, 2.05) is 35.2 Å². The summed E-state index contributed by atoms with van der Waals surface area (Å²) in [5.74, 6) is 0.0444. The van der Waals surface area contributed by atoms with Crippen molar-refractivity contribution in [1.29, 1.82) is 0 Å². The summed E-state index contributed by atoms with van der Waals surface area (Å²) in [4.78, 5) is 14.7. The number of nitrogens with two attached hydrogens (primary N) is 1. The largest absolute Gasteiger partial charge is 0.391 e. The first-order valence-corrected chi connectivity index (χ1v) is 8.11. The monoisotopic (exact) mass is 336 g/mol. The second-order valence-corrected chi connectivity index (χ2v) is 6.43. The number of hydrogen-bond acceptors (Lipinski definition) is 3. The number of amides is 1. The summed E-state index contributed by atoms with van der Waals surface area (Å²) in [6, 6.07) is 10.2. The second-order valence-electron chi connectivity index (χ2n) is 6.43. The van der Waals surface area contributed by atoms with Gasteiger partial charge in [0.15, 0.2) is 0 Å². The second kappa shape index (κ2) is 7.95. The Morgan fingerprint density at radius 1 is 1.26 bits per heavy atom. The molecule has 0 spiro atoms. The van der Waals surface area contributed by atoms with Gasteiger partial charge in [-0.15, -0.1) is 12.4 Å². The number of rotatable bonds is 5. The van der Waals surface area contributed by atoms with Gasteiger partial charge in [0.1, 0.15) is 0 Å². The molecule has 3 N–H and O–H groups in total. The number of benzene rings is 1. The molecule has 0 radical (unpaired) electrons. The van der Waals surface area contributed by atoms with Gasteiger partial charge in [-0.2, -0.15) is 0 Å². The molecule has 0 heterocycles. The Balaban J connectivity index is 0.00000192. The molecule has 2 saturated carbocycles. The van der Waals surface area contributed by atoms with E-state index >= 15 is 0 Å². The first-order valence-electron chi connectivity index (χ1n) is 8.11. The minimum absolute atomic E-state index is 0. The molecule has 0 unspecified atom stereocenters. The van der Waals surface area contributed by atoms with Gasteiger partial charge < -0.3 is 15.7 Å². The van der Waals surface area contributed by atoms with Crippen molar-refractivity contribution in [2.75, 3.05) is 6.54 Å². The maximum absolute atomic E-state index is 12.7. The zero-order valence-electron chi connectivity index (χ0n) is 13.2. The van der Waals surface area contributed by atoms with Crippen LogP contribution in [0.25, 0.3) is 6.08 Å². The highest BCUT2D eigenvalue weighted by molar-refractivity contribution is 5.85. The molecular formula is C18H25ClN2O2. The van der Waals surface area contributed by atoms with Gasteiger partial charge in [-0.3, -0.25) is 4.79 Å². The van der Waals surface area contributed by atoms with E-state index in [1.165, 1.54) is 0 Å². The van der Waals surface area contributed by atoms with Crippen molar-refractivity contribution in [2.24, 2.45) is 11.7 Å². The van der Waals surface area contributed by atoms with Crippen LogP contribution >= 0.6 is 12.4 Å². The van der Waals surface area contributed by atoms with E-state index < -0.39 is 6.10 Å². The average molecular weight is 337 g/mol. The molecule has 0 aromatic heterocycles. The normalized spacial score (nSPS) is 27.0. The zero-order chi connectivity index (χ0) is 15.5. The lowest BCUT2D eigenvalue weighted by Gasteiger charge is -2.24. The fraction of sp³-hybridized carbons (Fsp3) is 0.500. The van der Waals surface area contributed by atoms with Crippen LogP contribution in [0.1, 0.15) is 31.2 Å². The molecule has 3 atom stereocenters. The molecule has 1 aromatic carbocycles. The summed E-state index contributed by atoms with van der Waals surface area (Å²) in [5, 5.41) is 9.77. The van der Waals surface area contributed by atoms with Gasteiger partial charge in [0.05, 0.1) is 6.10 Å². The quantitative estimate of drug-likeness (QED) is 0.866. The Kier molecular flexibility index (Phi) is 6.22. The molecule has 2 aliphatic rings. The van der Waals surface area contributed by atoms with Crippen LogP contribution < -0.4 is 5.73 Å². The molecule has 23 heavy (non-hydrogen) atoms. The van der Waals surface area contributed by atoms with Gasteiger partial charge in [-0.05, 0) is 31.2 Å². The standard InChI is InChI=1S/C18H24N2O2.ClH/c19-16-11-14(12-17(16)21)18(22)20(15-8-9-15)10-4-7-13-5-2-1-3-6-13;/h1-7,14-17,21H,8-12,19H2;1H/t14-,16-,17-;/m0./s1. The zero-order valence-corrected chi connectivity index (χ0v) is 14.0. The number of halogens is 1. The molecule has 1 aromatic rings. The van der Waals surface area contributed by atoms with Crippen molar-refractivity contribution >= 4 is 24.4 Å². The van der Waals surface area contributed by atoms with Gasteiger partial charge >= 0.3 is 0 Å². The first kappa shape index (κ1) is 18.0. The molecule has 1 amide bonds. The number of aliphatic hydroxyl groups is 1. The summed E-state index contributed by atoms with van der Waals surface area (Å²) >= 11 is 0. The lowest BCUT2D eigenvalue weighted by atomic mass is 10.1. The van der Waals surface area contributed by atoms with Crippen molar-refractivity contribution in [3.05, 3.63) is 42.0 Å². The Morgan fingerprint density at radius 2 is 1.96 bits per heavy atom. The van der Waals surface area contributed by atoms with Crippen LogP contribution in [0.3, 0.4) is 0 Å². The minimum atomic E-state index is -0.533. The summed E-state index contributed by atoms with van der Waals surface area (Å²) in [7, 11) is 0. The third-order valence-electron chi connectivity index (χ3n) is 4.61. The van der Waals surface area contributed by atoms with Gasteiger partial charge in [-0.1, -0.05) is 42.5 Å². The maximum atomic E-state index is 12.7. The third-order valence-corrected chi connectivity index (χ3v) is 4.61. The van der Waals surface area contributed by atoms with Crippen LogP contribution in [0.5, 0.6) is 0 Å². The molecule has 3 rings (SSSR count). The average Bonchev–Trinajstić information content (AvgIpc) is 3.30. The fourth-order valence-corrected chi connectivity index (χ4v) is 3.16. The molecule has 0 saturated heterocycles. The van der Waals surface area contributed by atoms with E-state index in [1.54, 1.807) is 0 Å². The lowest BCUT2D eigenvalue weighted by Crippen LogP contribution is -2.37. The number of carbonyl (C=O) groups excluding carboxylic acids is 1. The molecule has 0 bridgehead atoms. The van der Waals surface area contributed by atoms with Gasteiger partial charge in [-0.25, -0.2) is 0 Å². The van der Waals surface area contributed by atoms with E-state index in [0.29, 0.717) is 25.4 Å². The Labute approximate surface area is 143 Å². The van der Waals surface area contributed by atoms with E-state index in [-0.39, 0.29) is 30.3 Å². The highest BCUT2D eigenvalue weighted by atomic mass is 35.5. The predicted molar refractivity (Wildman–Crippen MR) is 94.2 cm³/mol. The SMILES string of the molecule is Cl.N[C@H]1C[C@H](C(=O)N(CC=Cc2ccccc2)C2CC2)C[C@@H]1O. The number of nitrogens with zero attached hydrogens (tertiary/aromatic N) is 1. The molecule has 2 aliphatic carbocycles. The van der Waals surface area contributed by atoms with Crippen molar-refractivity contribution < 1.29 is 9.90 Å². The minimum Gasteiger partial charge on any atom is -0.391 e. The highest BCUT2D eigenvalue weighted by Crippen LogP contribution is 2.32. The smallest absolute Gasteiger partial charge is 0.226 e. The molecule has 2 fully saturated rings. The first-order chi connectivity index (χ1) is 10.6. The highest BCUT2D eigenvalue weighted by Gasteiger charge is 2.40. The Bertz CT molecular complexity index is 535. The van der Waals surface area contributed by atoms with Gasteiger partial charge in [0, 0.05) is 24.5 Å². The Hall–Kier alpha value is -1.36. The molecule has 4 nitrogen and oxygen atoms in total. The summed E-state index contributed by atoms with van der Waals surface area (Å²) in [6.07, 6.45) is 6.86. The van der Waals surface area contributed by atoms with Crippen LogP contribution in [-0.2, 0) is 4.79 Å². The third kappa shape index (κ3) is 4.56. The number of aliphatic hydroxyl groups excluding tert-OH is 1. The van der Waals surface area contributed by atoms with E-state index in [0.717, 1.165) is 18.4 Å². The van der Waals surface area contributed by atoms with E-state index in [4.69, 9.17) is 5.73 Å². The molecule has 126 valence electrons. The van der Waals surface area contributed by atoms with Crippen molar-refractivity contribution in [1.82, 2.24) is 4.90 Å². The van der Waals surface area contributed by atoms with Crippen LogP contribution in [0, 0.1) is 5.92 Å². The van der Waals surface area contributed by atoms with E-state index in [2.05, 4.69) is 12.2 Å². The van der Waals surface area contributed by atoms with Gasteiger partial charge in [0.2, 0.25) is 5.91 Å². The van der Waals surface area contributed by atoms with Crippen molar-refractivity contribution in [3.8, 4) is 0 Å². The van der Waals surface area contributed by atoms with Gasteiger partial charge in [0.25, 0.3) is 0 Å². The van der Waals surface area contributed by atoms with Crippen molar-refractivity contribution in [2.45, 2.75) is 43.9 Å². The summed E-state index contributed by atoms with van der Waals surface area (Å²) in [6.45, 7) is 0.639. The molecular weight excluding hydrogens is 312 g/mol. The predicted octanol–water partition coefficient (Wildman–Crippen LogP) is 2.21. The van der Waals surface area contributed by atoms with Crippen LogP contribution in [0.15, 0.2) is 36.4 Å². The Morgan fingerprint density at radius 3 is 2.52 bits per heavy atom. The van der Waals surface area contributed by atoms with Crippen LogP contribution in [0.4, 0.5) is 0 Å². The topological polar surface area (TPSA) is 66.6 Å². The molecule has 0 aliphatic heterocycles. The summed E-state index contributed by atoms with van der Waals surface area (Å²) in [5.41, 5.74) is 6.98. The van der Waals surface area contributed by atoms with Crippen molar-refractivity contribution in [3.63, 3.8) is 0 Å². The van der Waals surface area contributed by atoms with E-state index in [9.17, 15) is 9.90 Å². The summed E-state index contributed by atoms with van der Waals surface area (Å²) < 4.78 is 0.